The van der Waals surface area contributed by atoms with Gasteiger partial charge in [0.05, 0.1) is 12.3 Å². The number of hydrogen-bond acceptors (Lipinski definition) is 5. The van der Waals surface area contributed by atoms with Crippen LogP contribution >= 0.6 is 0 Å². The van der Waals surface area contributed by atoms with Crippen molar-refractivity contribution in [1.29, 1.82) is 0 Å². The summed E-state index contributed by atoms with van der Waals surface area (Å²) < 4.78 is 10.7. The maximum absolute atomic E-state index is 5.56. The highest BCUT2D eigenvalue weighted by molar-refractivity contribution is 5.28. The van der Waals surface area contributed by atoms with Crippen LogP contribution in [0.25, 0.3) is 0 Å². The quantitative estimate of drug-likeness (QED) is 0.731. The molecule has 18 heavy (non-hydrogen) atoms. The zero-order chi connectivity index (χ0) is 13.4. The number of nitrogens with one attached hydrogen (secondary N) is 1. The fraction of sp³-hybridized carbons (Fsp3) is 0.769. The molecule has 104 valence electrons. The Morgan fingerprint density at radius 1 is 1.50 bits per heavy atom. The van der Waals surface area contributed by atoms with E-state index in [1.807, 2.05) is 0 Å². The molecule has 0 amide bonds. The van der Waals surface area contributed by atoms with Crippen LogP contribution in [0.4, 0.5) is 6.01 Å². The molecule has 0 saturated carbocycles. The molecule has 1 aromatic rings. The largest absolute Gasteiger partial charge is 0.432 e. The molecule has 1 heterocycles. The van der Waals surface area contributed by atoms with E-state index in [-0.39, 0.29) is 0 Å². The minimum absolute atomic E-state index is 0.394. The van der Waals surface area contributed by atoms with Crippen molar-refractivity contribution in [3.8, 4) is 0 Å². The van der Waals surface area contributed by atoms with E-state index >= 15 is 0 Å². The van der Waals surface area contributed by atoms with E-state index in [4.69, 9.17) is 9.15 Å². The lowest BCUT2D eigenvalue weighted by atomic mass is 10.2. The Kier molecular flexibility index (Phi) is 6.75. The number of oxazole rings is 1. The van der Waals surface area contributed by atoms with Crippen LogP contribution in [0.5, 0.6) is 0 Å². The van der Waals surface area contributed by atoms with Gasteiger partial charge < -0.3 is 19.4 Å². The number of rotatable bonds is 9. The van der Waals surface area contributed by atoms with Gasteiger partial charge in [0.2, 0.25) is 0 Å². The summed E-state index contributed by atoms with van der Waals surface area (Å²) in [5, 5.41) is 3.24. The Hall–Kier alpha value is -1.07. The summed E-state index contributed by atoms with van der Waals surface area (Å²) >= 11 is 0. The average Bonchev–Trinajstić information content (AvgIpc) is 2.85. The molecule has 0 aliphatic heterocycles. The van der Waals surface area contributed by atoms with E-state index in [1.165, 1.54) is 0 Å². The SMILES string of the molecule is CCNCc1coc(N(CCOC)C(C)CC)n1. The van der Waals surface area contributed by atoms with Crippen molar-refractivity contribution in [3.05, 3.63) is 12.0 Å². The molecular weight excluding hydrogens is 230 g/mol. The van der Waals surface area contributed by atoms with Crippen LogP contribution in [-0.2, 0) is 11.3 Å². The molecule has 1 aromatic heterocycles. The third kappa shape index (κ3) is 4.31. The molecular formula is C13H25N3O2. The molecule has 1 rings (SSSR count). The molecule has 1 N–H and O–H groups in total. The Labute approximate surface area is 110 Å². The lowest BCUT2D eigenvalue weighted by Gasteiger charge is -2.26. The third-order valence-electron chi connectivity index (χ3n) is 3.00. The summed E-state index contributed by atoms with van der Waals surface area (Å²) in [6.07, 6.45) is 2.77. The molecule has 5 nitrogen and oxygen atoms in total. The van der Waals surface area contributed by atoms with Gasteiger partial charge in [-0.05, 0) is 19.9 Å². The smallest absolute Gasteiger partial charge is 0.297 e. The molecule has 0 fully saturated rings. The predicted molar refractivity (Wildman–Crippen MR) is 72.9 cm³/mol. The summed E-state index contributed by atoms with van der Waals surface area (Å²) in [5.41, 5.74) is 0.942. The fourth-order valence-corrected chi connectivity index (χ4v) is 1.68. The van der Waals surface area contributed by atoms with Gasteiger partial charge in [-0.25, -0.2) is 0 Å². The van der Waals surface area contributed by atoms with Crippen LogP contribution in [-0.4, -0.2) is 37.8 Å². The highest BCUT2D eigenvalue weighted by Crippen LogP contribution is 2.17. The van der Waals surface area contributed by atoms with Crippen LogP contribution in [0.15, 0.2) is 10.7 Å². The van der Waals surface area contributed by atoms with Gasteiger partial charge in [0.1, 0.15) is 6.26 Å². The van der Waals surface area contributed by atoms with Gasteiger partial charge in [-0.3, -0.25) is 0 Å². The summed E-state index contributed by atoms with van der Waals surface area (Å²) in [6.45, 7) is 9.56. The number of methoxy groups -OCH3 is 1. The minimum Gasteiger partial charge on any atom is -0.432 e. The van der Waals surface area contributed by atoms with E-state index in [0.717, 1.165) is 31.7 Å². The Bertz CT molecular complexity index is 328. The first-order chi connectivity index (χ1) is 8.72. The summed E-state index contributed by atoms with van der Waals surface area (Å²) in [6, 6.07) is 1.08. The maximum atomic E-state index is 5.56. The predicted octanol–water partition coefficient (Wildman–Crippen LogP) is 2.04. The second kappa shape index (κ2) is 8.11. The average molecular weight is 255 g/mol. The highest BCUT2D eigenvalue weighted by Gasteiger charge is 2.17. The van der Waals surface area contributed by atoms with Crippen LogP contribution < -0.4 is 10.2 Å². The molecule has 0 saturated heterocycles. The number of ether oxygens (including phenoxy) is 1. The molecule has 0 aliphatic carbocycles. The van der Waals surface area contributed by atoms with Crippen LogP contribution in [0.1, 0.15) is 32.9 Å². The third-order valence-corrected chi connectivity index (χ3v) is 3.00. The van der Waals surface area contributed by atoms with Crippen molar-refractivity contribution in [2.45, 2.75) is 39.8 Å². The first kappa shape index (κ1) is 15.0. The van der Waals surface area contributed by atoms with Gasteiger partial charge in [-0.15, -0.1) is 0 Å². The zero-order valence-electron chi connectivity index (χ0n) is 11.9. The van der Waals surface area contributed by atoms with Gasteiger partial charge >= 0.3 is 0 Å². The number of hydrogen-bond donors (Lipinski definition) is 1. The number of nitrogens with zero attached hydrogens (tertiary/aromatic N) is 2. The summed E-state index contributed by atoms with van der Waals surface area (Å²) in [7, 11) is 1.71. The van der Waals surface area contributed by atoms with E-state index in [0.29, 0.717) is 18.7 Å². The number of anilines is 1. The Morgan fingerprint density at radius 2 is 2.28 bits per heavy atom. The van der Waals surface area contributed by atoms with E-state index in [1.54, 1.807) is 13.4 Å². The first-order valence-electron chi connectivity index (χ1n) is 6.63. The normalized spacial score (nSPS) is 12.7. The Morgan fingerprint density at radius 3 is 2.89 bits per heavy atom. The van der Waals surface area contributed by atoms with E-state index in [9.17, 15) is 0 Å². The van der Waals surface area contributed by atoms with Gasteiger partial charge in [-0.1, -0.05) is 13.8 Å². The summed E-state index contributed by atoms with van der Waals surface area (Å²) in [5.74, 6) is 0. The molecule has 5 heteroatoms. The topological polar surface area (TPSA) is 50.5 Å². The maximum Gasteiger partial charge on any atom is 0.297 e. The molecule has 0 aromatic carbocycles. The zero-order valence-corrected chi connectivity index (χ0v) is 11.9. The van der Waals surface area contributed by atoms with Crippen molar-refractivity contribution >= 4 is 6.01 Å². The van der Waals surface area contributed by atoms with Crippen LogP contribution in [0.3, 0.4) is 0 Å². The molecule has 1 atom stereocenters. The molecule has 0 aliphatic rings. The standard InChI is InChI=1S/C13H25N3O2/c1-5-11(3)16(7-8-17-4)13-15-12(10-18-13)9-14-6-2/h10-11,14H,5-9H2,1-4H3. The van der Waals surface area contributed by atoms with Gasteiger partial charge in [0, 0.05) is 26.2 Å². The lowest BCUT2D eigenvalue weighted by Crippen LogP contribution is -2.35. The van der Waals surface area contributed by atoms with E-state index in [2.05, 4.69) is 36.0 Å². The van der Waals surface area contributed by atoms with Crippen molar-refractivity contribution in [3.63, 3.8) is 0 Å². The van der Waals surface area contributed by atoms with Crippen molar-refractivity contribution in [2.24, 2.45) is 0 Å². The van der Waals surface area contributed by atoms with Crippen molar-refractivity contribution in [1.82, 2.24) is 10.3 Å². The van der Waals surface area contributed by atoms with Gasteiger partial charge in [0.25, 0.3) is 6.01 Å². The second-order valence-electron chi connectivity index (χ2n) is 4.35. The monoisotopic (exact) mass is 255 g/mol. The number of aromatic nitrogens is 1. The fourth-order valence-electron chi connectivity index (χ4n) is 1.68. The first-order valence-corrected chi connectivity index (χ1v) is 6.63. The minimum atomic E-state index is 0.394. The molecule has 0 spiro atoms. The van der Waals surface area contributed by atoms with E-state index < -0.39 is 0 Å². The Balaban J connectivity index is 2.68. The van der Waals surface area contributed by atoms with Crippen LogP contribution in [0.2, 0.25) is 0 Å². The lowest BCUT2D eigenvalue weighted by molar-refractivity contribution is 0.201. The van der Waals surface area contributed by atoms with Crippen molar-refractivity contribution < 1.29 is 9.15 Å². The van der Waals surface area contributed by atoms with Crippen LogP contribution in [0, 0.1) is 0 Å². The summed E-state index contributed by atoms with van der Waals surface area (Å²) in [4.78, 5) is 6.66. The molecule has 0 radical (unpaired) electrons. The van der Waals surface area contributed by atoms with Crippen molar-refractivity contribution in [2.75, 3.05) is 31.7 Å². The molecule has 0 bridgehead atoms. The van der Waals surface area contributed by atoms with Gasteiger partial charge in [0.15, 0.2) is 0 Å². The highest BCUT2D eigenvalue weighted by atomic mass is 16.5. The molecule has 1 unspecified atom stereocenters. The van der Waals surface area contributed by atoms with Gasteiger partial charge in [-0.2, -0.15) is 4.98 Å². The second-order valence-corrected chi connectivity index (χ2v) is 4.35.